The quantitative estimate of drug-likeness (QED) is 0.634. The molecule has 0 bridgehead atoms. The van der Waals surface area contributed by atoms with Gasteiger partial charge in [-0.3, -0.25) is 0 Å². The van der Waals surface area contributed by atoms with Crippen LogP contribution in [0.15, 0.2) is 0 Å². The zero-order valence-electron chi connectivity index (χ0n) is 4.92. The van der Waals surface area contributed by atoms with E-state index in [1.54, 1.807) is 0 Å². The molecular weight excluding hydrogens is 167 g/mol. The fraction of sp³-hybridized carbons (Fsp3) is 0.800. The van der Waals surface area contributed by atoms with E-state index in [0.717, 1.165) is 11.7 Å². The van der Waals surface area contributed by atoms with Gasteiger partial charge in [0.25, 0.3) is 0 Å². The standard InChI is InChI=1S/C5H10N2Se/c1-8-3-2-5(7)4-6/h5H,2-3,7H2,1H3/t5-/m0/s1. The Bertz CT molecular complexity index is 86.9. The van der Waals surface area contributed by atoms with Gasteiger partial charge in [0.05, 0.1) is 0 Å². The Morgan fingerprint density at radius 1 is 1.88 bits per heavy atom. The minimum atomic E-state index is -0.225. The first kappa shape index (κ1) is 7.97. The summed E-state index contributed by atoms with van der Waals surface area (Å²) < 4.78 is 0. The maximum absolute atomic E-state index is 8.19. The Morgan fingerprint density at radius 2 is 2.50 bits per heavy atom. The Kier molecular flexibility index (Phi) is 5.09. The van der Waals surface area contributed by atoms with E-state index in [4.69, 9.17) is 11.0 Å². The van der Waals surface area contributed by atoms with E-state index in [1.807, 2.05) is 6.07 Å². The van der Waals surface area contributed by atoms with Crippen molar-refractivity contribution in [3.63, 3.8) is 0 Å². The van der Waals surface area contributed by atoms with Gasteiger partial charge in [-0.1, -0.05) is 0 Å². The van der Waals surface area contributed by atoms with Crippen molar-refractivity contribution in [2.75, 3.05) is 0 Å². The molecule has 0 aliphatic heterocycles. The number of hydrogen-bond acceptors (Lipinski definition) is 2. The summed E-state index contributed by atoms with van der Waals surface area (Å²) in [4.78, 5) is 0. The molecule has 0 aliphatic carbocycles. The normalized spacial score (nSPS) is 12.6. The Labute approximate surface area is 56.2 Å². The summed E-state index contributed by atoms with van der Waals surface area (Å²) in [5.41, 5.74) is 5.31. The van der Waals surface area contributed by atoms with Gasteiger partial charge in [-0.25, -0.2) is 0 Å². The Morgan fingerprint density at radius 3 is 2.88 bits per heavy atom. The predicted molar refractivity (Wildman–Crippen MR) is 34.6 cm³/mol. The van der Waals surface area contributed by atoms with Crippen molar-refractivity contribution in [1.29, 1.82) is 5.26 Å². The van der Waals surface area contributed by atoms with Crippen molar-refractivity contribution in [2.24, 2.45) is 5.73 Å². The van der Waals surface area contributed by atoms with E-state index in [-0.39, 0.29) is 6.04 Å². The molecule has 0 saturated heterocycles. The predicted octanol–water partition coefficient (Wildman–Crippen LogP) is 0.398. The van der Waals surface area contributed by atoms with Crippen molar-refractivity contribution < 1.29 is 0 Å². The van der Waals surface area contributed by atoms with E-state index in [2.05, 4.69) is 5.82 Å². The van der Waals surface area contributed by atoms with Crippen molar-refractivity contribution in [3.05, 3.63) is 0 Å². The second-order valence-electron chi connectivity index (χ2n) is 1.52. The molecule has 0 spiro atoms. The number of nitriles is 1. The fourth-order valence-electron chi connectivity index (χ4n) is 0.309. The fourth-order valence-corrected chi connectivity index (χ4v) is 1.34. The van der Waals surface area contributed by atoms with Crippen molar-refractivity contribution in [1.82, 2.24) is 0 Å². The first-order valence-electron chi connectivity index (χ1n) is 2.45. The minimum absolute atomic E-state index is 0.225. The van der Waals surface area contributed by atoms with Crippen LogP contribution >= 0.6 is 0 Å². The van der Waals surface area contributed by atoms with Gasteiger partial charge in [0.15, 0.2) is 0 Å². The summed E-state index contributed by atoms with van der Waals surface area (Å²) in [6, 6.07) is 1.76. The van der Waals surface area contributed by atoms with Crippen LogP contribution in [-0.4, -0.2) is 21.0 Å². The molecule has 1 atom stereocenters. The van der Waals surface area contributed by atoms with Gasteiger partial charge in [-0.2, -0.15) is 0 Å². The van der Waals surface area contributed by atoms with E-state index >= 15 is 0 Å². The molecule has 3 heteroatoms. The van der Waals surface area contributed by atoms with E-state index in [1.165, 1.54) is 0 Å². The van der Waals surface area contributed by atoms with Gasteiger partial charge >= 0.3 is 55.6 Å². The molecule has 0 aromatic carbocycles. The first-order chi connectivity index (χ1) is 3.81. The van der Waals surface area contributed by atoms with E-state index in [9.17, 15) is 0 Å². The Balaban J connectivity index is 3.02. The molecule has 0 saturated carbocycles. The molecule has 0 fully saturated rings. The molecule has 8 heavy (non-hydrogen) atoms. The van der Waals surface area contributed by atoms with Crippen LogP contribution in [0.4, 0.5) is 0 Å². The molecule has 0 rings (SSSR count). The van der Waals surface area contributed by atoms with Crippen LogP contribution < -0.4 is 5.73 Å². The molecule has 0 radical (unpaired) electrons. The molecule has 0 unspecified atom stereocenters. The van der Waals surface area contributed by atoms with Gasteiger partial charge < -0.3 is 0 Å². The molecule has 2 nitrogen and oxygen atoms in total. The molecule has 0 aliphatic rings. The van der Waals surface area contributed by atoms with Crippen LogP contribution in [0.25, 0.3) is 0 Å². The van der Waals surface area contributed by atoms with E-state index in [0.29, 0.717) is 15.0 Å². The SMILES string of the molecule is C[Se]CC[C@H](N)C#N. The topological polar surface area (TPSA) is 49.8 Å². The zero-order valence-corrected chi connectivity index (χ0v) is 6.64. The van der Waals surface area contributed by atoms with Crippen molar-refractivity contribution in [2.45, 2.75) is 23.6 Å². The maximum atomic E-state index is 8.19. The summed E-state index contributed by atoms with van der Waals surface area (Å²) >= 11 is 0.675. The second-order valence-corrected chi connectivity index (χ2v) is 3.58. The molecule has 2 N–H and O–H groups in total. The monoisotopic (exact) mass is 178 g/mol. The number of hydrogen-bond donors (Lipinski definition) is 1. The van der Waals surface area contributed by atoms with Crippen molar-refractivity contribution in [3.8, 4) is 6.07 Å². The summed E-state index contributed by atoms with van der Waals surface area (Å²) in [5.74, 6) is 2.15. The van der Waals surface area contributed by atoms with Crippen LogP contribution in [0.1, 0.15) is 6.42 Å². The molecule has 0 aromatic heterocycles. The third-order valence-corrected chi connectivity index (χ3v) is 2.15. The van der Waals surface area contributed by atoms with Gasteiger partial charge in [0, 0.05) is 0 Å². The first-order valence-corrected chi connectivity index (χ1v) is 5.38. The average Bonchev–Trinajstić information content (AvgIpc) is 1.83. The van der Waals surface area contributed by atoms with Crippen LogP contribution in [0.5, 0.6) is 0 Å². The van der Waals surface area contributed by atoms with Crippen LogP contribution in [0.3, 0.4) is 0 Å². The molecule has 0 heterocycles. The molecular formula is C5H10N2Se. The van der Waals surface area contributed by atoms with Crippen LogP contribution in [0, 0.1) is 11.3 Å². The summed E-state index contributed by atoms with van der Waals surface area (Å²) in [6.07, 6.45) is 0.868. The second kappa shape index (κ2) is 5.11. The van der Waals surface area contributed by atoms with Gasteiger partial charge in [0.2, 0.25) is 0 Å². The number of nitrogens with two attached hydrogens (primary N) is 1. The molecule has 0 amide bonds. The Hall–Kier alpha value is -0.0305. The summed E-state index contributed by atoms with van der Waals surface area (Å²) in [5, 5.41) is 9.32. The molecule has 0 aromatic rings. The zero-order chi connectivity index (χ0) is 6.41. The number of rotatable bonds is 3. The average molecular weight is 177 g/mol. The third kappa shape index (κ3) is 4.14. The third-order valence-electron chi connectivity index (χ3n) is 0.799. The number of nitrogens with zero attached hydrogens (tertiary/aromatic N) is 1. The summed E-state index contributed by atoms with van der Waals surface area (Å²) in [6.45, 7) is 0. The van der Waals surface area contributed by atoms with Crippen LogP contribution in [0.2, 0.25) is 11.1 Å². The van der Waals surface area contributed by atoms with Gasteiger partial charge in [-0.05, 0) is 0 Å². The van der Waals surface area contributed by atoms with Crippen LogP contribution in [-0.2, 0) is 0 Å². The van der Waals surface area contributed by atoms with Gasteiger partial charge in [-0.15, -0.1) is 0 Å². The summed E-state index contributed by atoms with van der Waals surface area (Å²) in [7, 11) is 0. The van der Waals surface area contributed by atoms with E-state index < -0.39 is 0 Å². The van der Waals surface area contributed by atoms with Gasteiger partial charge in [0.1, 0.15) is 0 Å². The molecule has 46 valence electrons. The van der Waals surface area contributed by atoms with Crippen molar-refractivity contribution >= 4 is 15.0 Å².